The van der Waals surface area contributed by atoms with Gasteiger partial charge in [-0.3, -0.25) is 0 Å². The van der Waals surface area contributed by atoms with E-state index in [4.69, 9.17) is 27.6 Å². The molecule has 0 aliphatic rings. The molecule has 136 valence electrons. The molecule has 2 aromatic carbocycles. The fourth-order valence-corrected chi connectivity index (χ4v) is 2.75. The Labute approximate surface area is 163 Å². The molecule has 27 heavy (non-hydrogen) atoms. The Hall–Kier alpha value is -2.68. The van der Waals surface area contributed by atoms with E-state index in [0.29, 0.717) is 21.9 Å². The van der Waals surface area contributed by atoms with Crippen LogP contribution in [0.1, 0.15) is 16.9 Å². The molecule has 1 aromatic heterocycles. The van der Waals surface area contributed by atoms with Crippen LogP contribution in [0.2, 0.25) is 10.0 Å². The molecular formula is C20H10Cl2F3NO. The van der Waals surface area contributed by atoms with Crippen molar-refractivity contribution in [2.75, 3.05) is 0 Å². The third-order valence-corrected chi connectivity index (χ3v) is 4.33. The maximum Gasteiger partial charge on any atom is 0.416 e. The predicted molar refractivity (Wildman–Crippen MR) is 99.1 cm³/mol. The number of rotatable bonds is 3. The maximum absolute atomic E-state index is 12.9. The zero-order valence-electron chi connectivity index (χ0n) is 13.5. The van der Waals surface area contributed by atoms with Crippen LogP contribution in [0.4, 0.5) is 13.2 Å². The largest absolute Gasteiger partial charge is 0.457 e. The second-order valence-electron chi connectivity index (χ2n) is 5.57. The summed E-state index contributed by atoms with van der Waals surface area (Å²) in [5.41, 5.74) is 0.255. The van der Waals surface area contributed by atoms with Gasteiger partial charge in [0.15, 0.2) is 0 Å². The van der Waals surface area contributed by atoms with Gasteiger partial charge in [0.25, 0.3) is 0 Å². The number of nitriles is 1. The van der Waals surface area contributed by atoms with E-state index in [9.17, 15) is 18.4 Å². The number of halogens is 5. The van der Waals surface area contributed by atoms with Crippen LogP contribution >= 0.6 is 23.2 Å². The smallest absolute Gasteiger partial charge is 0.416 e. The van der Waals surface area contributed by atoms with Crippen molar-refractivity contribution < 1.29 is 17.6 Å². The monoisotopic (exact) mass is 407 g/mol. The van der Waals surface area contributed by atoms with Gasteiger partial charge in [0.2, 0.25) is 0 Å². The molecule has 3 rings (SSSR count). The molecule has 0 fully saturated rings. The summed E-state index contributed by atoms with van der Waals surface area (Å²) in [6, 6.07) is 14.8. The molecule has 0 spiro atoms. The highest BCUT2D eigenvalue weighted by atomic mass is 35.5. The summed E-state index contributed by atoms with van der Waals surface area (Å²) >= 11 is 11.9. The third-order valence-electron chi connectivity index (χ3n) is 3.75. The first-order valence-electron chi connectivity index (χ1n) is 7.62. The van der Waals surface area contributed by atoms with Crippen LogP contribution in [0, 0.1) is 11.3 Å². The fraction of sp³-hybridized carbons (Fsp3) is 0.0500. The summed E-state index contributed by atoms with van der Waals surface area (Å²) in [7, 11) is 0. The topological polar surface area (TPSA) is 36.9 Å². The Morgan fingerprint density at radius 3 is 2.33 bits per heavy atom. The van der Waals surface area contributed by atoms with Crippen LogP contribution < -0.4 is 0 Å². The van der Waals surface area contributed by atoms with Gasteiger partial charge >= 0.3 is 6.18 Å². The zero-order valence-corrected chi connectivity index (χ0v) is 15.0. The predicted octanol–water partition coefficient (Wildman–Crippen LogP) is 7.34. The summed E-state index contributed by atoms with van der Waals surface area (Å²) in [6.07, 6.45) is -2.99. The van der Waals surface area contributed by atoms with Gasteiger partial charge in [-0.15, -0.1) is 0 Å². The quantitative estimate of drug-likeness (QED) is 0.425. The molecule has 0 saturated carbocycles. The van der Waals surface area contributed by atoms with Crippen molar-refractivity contribution in [1.29, 1.82) is 5.26 Å². The molecule has 1 heterocycles. The van der Waals surface area contributed by atoms with Crippen LogP contribution in [0.3, 0.4) is 0 Å². The Morgan fingerprint density at radius 1 is 1.00 bits per heavy atom. The van der Waals surface area contributed by atoms with Crippen molar-refractivity contribution in [3.05, 3.63) is 81.5 Å². The lowest BCUT2D eigenvalue weighted by Gasteiger charge is -2.09. The van der Waals surface area contributed by atoms with Crippen LogP contribution in [0.5, 0.6) is 0 Å². The average Bonchev–Trinajstić information content (AvgIpc) is 3.08. The first-order chi connectivity index (χ1) is 12.8. The lowest BCUT2D eigenvalue weighted by molar-refractivity contribution is -0.137. The highest BCUT2D eigenvalue weighted by Gasteiger charge is 2.31. The van der Waals surface area contributed by atoms with Crippen molar-refractivity contribution in [3.63, 3.8) is 0 Å². The summed E-state index contributed by atoms with van der Waals surface area (Å²) in [5, 5.41) is 10.0. The van der Waals surface area contributed by atoms with E-state index in [1.165, 1.54) is 18.2 Å². The second-order valence-corrected chi connectivity index (χ2v) is 6.41. The van der Waals surface area contributed by atoms with E-state index in [0.717, 1.165) is 12.1 Å². The van der Waals surface area contributed by atoms with Crippen molar-refractivity contribution in [1.82, 2.24) is 0 Å². The van der Waals surface area contributed by atoms with Gasteiger partial charge in [0.05, 0.1) is 22.2 Å². The van der Waals surface area contributed by atoms with Gasteiger partial charge < -0.3 is 4.42 Å². The number of furan rings is 1. The van der Waals surface area contributed by atoms with Gasteiger partial charge in [-0.1, -0.05) is 35.3 Å². The van der Waals surface area contributed by atoms with Crippen molar-refractivity contribution >= 4 is 34.9 Å². The van der Waals surface area contributed by atoms with Crippen molar-refractivity contribution in [2.24, 2.45) is 0 Å². The van der Waals surface area contributed by atoms with E-state index in [1.54, 1.807) is 30.3 Å². The Balaban J connectivity index is 1.97. The highest BCUT2D eigenvalue weighted by molar-refractivity contribution is 6.33. The molecule has 0 N–H and O–H groups in total. The van der Waals surface area contributed by atoms with E-state index in [-0.39, 0.29) is 16.3 Å². The number of allylic oxidation sites excluding steroid dienone is 1. The first-order valence-corrected chi connectivity index (χ1v) is 8.38. The van der Waals surface area contributed by atoms with Gasteiger partial charge in [0, 0.05) is 10.6 Å². The summed E-state index contributed by atoms with van der Waals surface area (Å²) in [5.74, 6) is 0.482. The van der Waals surface area contributed by atoms with Gasteiger partial charge in [-0.25, -0.2) is 0 Å². The summed E-state index contributed by atoms with van der Waals surface area (Å²) < 4.78 is 44.4. The minimum atomic E-state index is -4.49. The lowest BCUT2D eigenvalue weighted by atomic mass is 10.1. The molecule has 7 heteroatoms. The number of alkyl halides is 3. The lowest BCUT2D eigenvalue weighted by Crippen LogP contribution is -2.04. The van der Waals surface area contributed by atoms with Gasteiger partial charge in [-0.05, 0) is 54.1 Å². The van der Waals surface area contributed by atoms with Crippen molar-refractivity contribution in [3.8, 4) is 17.4 Å². The average molecular weight is 408 g/mol. The molecule has 0 amide bonds. The van der Waals surface area contributed by atoms with E-state index in [2.05, 4.69) is 6.07 Å². The SMILES string of the molecule is N#C/C(=C\c1ccc(-c2cc(C(F)(F)F)ccc2Cl)o1)c1ccc(Cl)cc1. The Morgan fingerprint density at radius 2 is 1.70 bits per heavy atom. The highest BCUT2D eigenvalue weighted by Crippen LogP contribution is 2.36. The standard InChI is InChI=1S/C20H10Cl2F3NO/c21-15-4-1-12(2-5-15)13(11-26)9-16-6-8-19(27-16)17-10-14(20(23,24)25)3-7-18(17)22/h1-10H/b13-9+. The molecule has 0 bridgehead atoms. The number of benzene rings is 2. The minimum absolute atomic E-state index is 0.121. The normalized spacial score (nSPS) is 12.1. The van der Waals surface area contributed by atoms with Gasteiger partial charge in [-0.2, -0.15) is 18.4 Å². The molecule has 3 aromatic rings. The van der Waals surface area contributed by atoms with Crippen LogP contribution in [-0.4, -0.2) is 0 Å². The Bertz CT molecular complexity index is 1040. The molecule has 0 atom stereocenters. The second kappa shape index (κ2) is 7.51. The number of hydrogen-bond donors (Lipinski definition) is 0. The molecule has 0 aliphatic heterocycles. The van der Waals surface area contributed by atoms with E-state index in [1.807, 2.05) is 0 Å². The van der Waals surface area contributed by atoms with Crippen molar-refractivity contribution in [2.45, 2.75) is 6.18 Å². The first kappa shape index (κ1) is 19.1. The molecule has 0 aliphatic carbocycles. The number of hydrogen-bond acceptors (Lipinski definition) is 2. The van der Waals surface area contributed by atoms with E-state index < -0.39 is 11.7 Å². The Kier molecular flexibility index (Phi) is 5.31. The molecular weight excluding hydrogens is 398 g/mol. The third kappa shape index (κ3) is 4.36. The molecule has 0 unspecified atom stereocenters. The molecule has 0 radical (unpaired) electrons. The van der Waals surface area contributed by atoms with Crippen LogP contribution in [0.25, 0.3) is 23.0 Å². The zero-order chi connectivity index (χ0) is 19.6. The van der Waals surface area contributed by atoms with Crippen LogP contribution in [0.15, 0.2) is 59.0 Å². The minimum Gasteiger partial charge on any atom is -0.457 e. The molecule has 2 nitrogen and oxygen atoms in total. The summed E-state index contributed by atoms with van der Waals surface area (Å²) in [6.45, 7) is 0. The fourth-order valence-electron chi connectivity index (χ4n) is 2.42. The van der Waals surface area contributed by atoms with Crippen LogP contribution in [-0.2, 0) is 6.18 Å². The van der Waals surface area contributed by atoms with Gasteiger partial charge in [0.1, 0.15) is 11.5 Å². The maximum atomic E-state index is 12.9. The molecule has 0 saturated heterocycles. The number of nitrogens with zero attached hydrogens (tertiary/aromatic N) is 1. The van der Waals surface area contributed by atoms with E-state index >= 15 is 0 Å². The summed E-state index contributed by atoms with van der Waals surface area (Å²) in [4.78, 5) is 0.